The molecule has 0 aliphatic heterocycles. The summed E-state index contributed by atoms with van der Waals surface area (Å²) in [5.74, 6) is 0.00977. The molecular weight excluding hydrogens is 174 g/mol. The van der Waals surface area contributed by atoms with Crippen molar-refractivity contribution in [3.05, 3.63) is 35.4 Å². The molecule has 0 fully saturated rings. The molecule has 1 N–H and O–H groups in total. The molecule has 1 rings (SSSR count). The van der Waals surface area contributed by atoms with Crippen LogP contribution in [0, 0.1) is 0 Å². The maximum atomic E-state index is 11.4. The van der Waals surface area contributed by atoms with Crippen molar-refractivity contribution in [2.24, 2.45) is 0 Å². The minimum absolute atomic E-state index is 0.00977. The third-order valence-corrected chi connectivity index (χ3v) is 2.09. The maximum Gasteiger partial charge on any atom is 0.251 e. The van der Waals surface area contributed by atoms with E-state index in [2.05, 4.69) is 12.2 Å². The Bertz CT molecular complexity index is 290. The molecule has 76 valence electrons. The van der Waals surface area contributed by atoms with Crippen molar-refractivity contribution in [2.45, 2.75) is 26.7 Å². The summed E-state index contributed by atoms with van der Waals surface area (Å²) in [5, 5.41) is 2.77. The van der Waals surface area contributed by atoms with Gasteiger partial charge in [-0.1, -0.05) is 25.5 Å². The van der Waals surface area contributed by atoms with Crippen molar-refractivity contribution >= 4 is 5.91 Å². The summed E-state index contributed by atoms with van der Waals surface area (Å²) in [5.41, 5.74) is 2.03. The molecule has 0 aliphatic carbocycles. The summed E-state index contributed by atoms with van der Waals surface area (Å²) in [6.07, 6.45) is 2.22. The molecule has 1 aromatic rings. The molecule has 0 radical (unpaired) electrons. The molecule has 14 heavy (non-hydrogen) atoms. The molecule has 1 amide bonds. The smallest absolute Gasteiger partial charge is 0.251 e. The average molecular weight is 191 g/mol. The van der Waals surface area contributed by atoms with Gasteiger partial charge in [0.1, 0.15) is 0 Å². The average Bonchev–Trinajstić information content (AvgIpc) is 2.20. The van der Waals surface area contributed by atoms with Crippen LogP contribution in [0.25, 0.3) is 0 Å². The van der Waals surface area contributed by atoms with Crippen molar-refractivity contribution in [3.8, 4) is 0 Å². The predicted molar refractivity (Wildman–Crippen MR) is 58.4 cm³/mol. The topological polar surface area (TPSA) is 29.1 Å². The molecule has 2 heteroatoms. The first kappa shape index (κ1) is 10.8. The molecule has 0 heterocycles. The number of carbonyl (C=O) groups is 1. The molecule has 0 saturated heterocycles. The highest BCUT2D eigenvalue weighted by atomic mass is 16.1. The van der Waals surface area contributed by atoms with Crippen LogP contribution in [0.15, 0.2) is 24.3 Å². The lowest BCUT2D eigenvalue weighted by Gasteiger charge is -2.03. The minimum Gasteiger partial charge on any atom is -0.352 e. The number of hydrogen-bond acceptors (Lipinski definition) is 1. The van der Waals surface area contributed by atoms with Gasteiger partial charge in [0.15, 0.2) is 0 Å². The highest BCUT2D eigenvalue weighted by Crippen LogP contribution is 2.06. The van der Waals surface area contributed by atoms with Crippen LogP contribution in [0.3, 0.4) is 0 Å². The summed E-state index contributed by atoms with van der Waals surface area (Å²) in [6.45, 7) is 4.75. The highest BCUT2D eigenvalue weighted by Gasteiger charge is 2.02. The molecule has 0 spiro atoms. The zero-order valence-corrected chi connectivity index (χ0v) is 8.84. The van der Waals surface area contributed by atoms with E-state index in [9.17, 15) is 4.79 Å². The second-order valence-electron chi connectivity index (χ2n) is 3.31. The van der Waals surface area contributed by atoms with Crippen LogP contribution >= 0.6 is 0 Å². The molecule has 2 nitrogen and oxygen atoms in total. The number of hydrogen-bond donors (Lipinski definition) is 1. The summed E-state index contributed by atoms with van der Waals surface area (Å²) >= 11 is 0. The van der Waals surface area contributed by atoms with Gasteiger partial charge in [-0.05, 0) is 31.0 Å². The number of carbonyl (C=O) groups excluding carboxylic acids is 1. The lowest BCUT2D eigenvalue weighted by atomic mass is 10.1. The standard InChI is InChI=1S/C12H17NO/c1-3-5-10-6-8-11(9-7-10)12(14)13-4-2/h6-9H,3-5H2,1-2H3,(H,13,14). The van der Waals surface area contributed by atoms with Gasteiger partial charge in [0.25, 0.3) is 5.91 Å². The number of benzene rings is 1. The Labute approximate surface area is 85.3 Å². The maximum absolute atomic E-state index is 11.4. The molecule has 0 bridgehead atoms. The van der Waals surface area contributed by atoms with Gasteiger partial charge in [0.2, 0.25) is 0 Å². The Hall–Kier alpha value is -1.31. The Morgan fingerprint density at radius 3 is 2.36 bits per heavy atom. The second kappa shape index (κ2) is 5.43. The molecule has 0 atom stereocenters. The third-order valence-electron chi connectivity index (χ3n) is 2.09. The van der Waals surface area contributed by atoms with Gasteiger partial charge in [-0.3, -0.25) is 4.79 Å². The van der Waals surface area contributed by atoms with E-state index < -0.39 is 0 Å². The zero-order valence-electron chi connectivity index (χ0n) is 8.84. The lowest BCUT2D eigenvalue weighted by Crippen LogP contribution is -2.22. The Morgan fingerprint density at radius 2 is 1.86 bits per heavy atom. The van der Waals surface area contributed by atoms with Crippen molar-refractivity contribution in [1.29, 1.82) is 0 Å². The second-order valence-corrected chi connectivity index (χ2v) is 3.31. The predicted octanol–water partition coefficient (Wildman–Crippen LogP) is 2.39. The van der Waals surface area contributed by atoms with E-state index in [1.165, 1.54) is 5.56 Å². The van der Waals surface area contributed by atoms with Gasteiger partial charge in [-0.2, -0.15) is 0 Å². The SMILES string of the molecule is CCCc1ccc(C(=O)NCC)cc1. The van der Waals surface area contributed by atoms with Crippen LogP contribution in [0.4, 0.5) is 0 Å². The zero-order chi connectivity index (χ0) is 10.4. The number of rotatable bonds is 4. The molecule has 1 aromatic carbocycles. The summed E-state index contributed by atoms with van der Waals surface area (Å²) in [4.78, 5) is 11.4. The molecule has 0 aliphatic rings. The van der Waals surface area contributed by atoms with Gasteiger partial charge in [-0.15, -0.1) is 0 Å². The Kier molecular flexibility index (Phi) is 4.17. The molecule has 0 aromatic heterocycles. The molecule has 0 unspecified atom stereocenters. The lowest BCUT2D eigenvalue weighted by molar-refractivity contribution is 0.0956. The van der Waals surface area contributed by atoms with Crippen LogP contribution < -0.4 is 5.32 Å². The van der Waals surface area contributed by atoms with Gasteiger partial charge < -0.3 is 5.32 Å². The van der Waals surface area contributed by atoms with E-state index in [0.717, 1.165) is 18.4 Å². The number of aryl methyl sites for hydroxylation is 1. The summed E-state index contributed by atoms with van der Waals surface area (Å²) < 4.78 is 0. The van der Waals surface area contributed by atoms with E-state index >= 15 is 0 Å². The van der Waals surface area contributed by atoms with Crippen LogP contribution in [0.2, 0.25) is 0 Å². The quantitative estimate of drug-likeness (QED) is 0.778. The van der Waals surface area contributed by atoms with Crippen LogP contribution in [-0.2, 0) is 6.42 Å². The van der Waals surface area contributed by atoms with E-state index in [4.69, 9.17) is 0 Å². The molecular formula is C12H17NO. The normalized spacial score (nSPS) is 9.86. The van der Waals surface area contributed by atoms with Gasteiger partial charge >= 0.3 is 0 Å². The van der Waals surface area contributed by atoms with E-state index in [1.54, 1.807) is 0 Å². The Balaban J connectivity index is 2.67. The van der Waals surface area contributed by atoms with Crippen molar-refractivity contribution in [3.63, 3.8) is 0 Å². The van der Waals surface area contributed by atoms with E-state index in [0.29, 0.717) is 6.54 Å². The van der Waals surface area contributed by atoms with Crippen molar-refractivity contribution in [2.75, 3.05) is 6.54 Å². The first-order valence-electron chi connectivity index (χ1n) is 5.15. The van der Waals surface area contributed by atoms with Gasteiger partial charge in [0, 0.05) is 12.1 Å². The van der Waals surface area contributed by atoms with Crippen LogP contribution in [0.1, 0.15) is 36.2 Å². The van der Waals surface area contributed by atoms with Crippen molar-refractivity contribution < 1.29 is 4.79 Å². The number of amides is 1. The minimum atomic E-state index is 0.00977. The highest BCUT2D eigenvalue weighted by molar-refractivity contribution is 5.94. The van der Waals surface area contributed by atoms with E-state index in [-0.39, 0.29) is 5.91 Å². The van der Waals surface area contributed by atoms with Crippen LogP contribution in [0.5, 0.6) is 0 Å². The van der Waals surface area contributed by atoms with E-state index in [1.807, 2.05) is 31.2 Å². The summed E-state index contributed by atoms with van der Waals surface area (Å²) in [6, 6.07) is 7.81. The van der Waals surface area contributed by atoms with Crippen LogP contribution in [-0.4, -0.2) is 12.5 Å². The fourth-order valence-corrected chi connectivity index (χ4v) is 1.37. The van der Waals surface area contributed by atoms with Gasteiger partial charge in [0.05, 0.1) is 0 Å². The van der Waals surface area contributed by atoms with Crippen molar-refractivity contribution in [1.82, 2.24) is 5.32 Å². The fourth-order valence-electron chi connectivity index (χ4n) is 1.37. The first-order valence-corrected chi connectivity index (χ1v) is 5.15. The van der Waals surface area contributed by atoms with Gasteiger partial charge in [-0.25, -0.2) is 0 Å². The number of nitrogens with one attached hydrogen (secondary N) is 1. The molecule has 0 saturated carbocycles. The third kappa shape index (κ3) is 2.87. The largest absolute Gasteiger partial charge is 0.352 e. The Morgan fingerprint density at radius 1 is 1.21 bits per heavy atom. The summed E-state index contributed by atoms with van der Waals surface area (Å²) in [7, 11) is 0. The fraction of sp³-hybridized carbons (Fsp3) is 0.417. The first-order chi connectivity index (χ1) is 6.77. The monoisotopic (exact) mass is 191 g/mol.